The Bertz CT molecular complexity index is 1060. The predicted molar refractivity (Wildman–Crippen MR) is 224 cm³/mol. The van der Waals surface area contributed by atoms with E-state index in [0.717, 1.165) is 44.9 Å². The number of allylic oxidation sites excluding steroid dienone is 8. The number of rotatable bonds is 40. The van der Waals surface area contributed by atoms with Crippen molar-refractivity contribution in [3.8, 4) is 0 Å². The molecule has 11 heteroatoms. The largest absolute Gasteiger partial charge is 0.472 e. The highest BCUT2D eigenvalue weighted by molar-refractivity contribution is 7.47. The number of carbonyl (C=O) groups excluding carboxylic acids is 2. The van der Waals surface area contributed by atoms with Gasteiger partial charge in [-0.15, -0.1) is 0 Å². The average Bonchev–Trinajstić information content (AvgIpc) is 3.17. The van der Waals surface area contributed by atoms with Gasteiger partial charge >= 0.3 is 19.8 Å². The Morgan fingerprint density at radius 2 is 0.964 bits per heavy atom. The zero-order chi connectivity index (χ0) is 40.5. The Hall–Kier alpha value is -2.07. The molecule has 10 nitrogen and oxygen atoms in total. The lowest BCUT2D eigenvalue weighted by atomic mass is 10.0. The summed E-state index contributed by atoms with van der Waals surface area (Å²) in [5.74, 6) is -0.988. The highest BCUT2D eigenvalue weighted by Crippen LogP contribution is 2.43. The van der Waals surface area contributed by atoms with Gasteiger partial charge in [0.25, 0.3) is 0 Å². The van der Waals surface area contributed by atoms with Crippen LogP contribution in [0.1, 0.15) is 181 Å². The van der Waals surface area contributed by atoms with Crippen molar-refractivity contribution in [2.45, 2.75) is 193 Å². The van der Waals surface area contributed by atoms with E-state index in [0.29, 0.717) is 19.3 Å². The monoisotopic (exact) mass is 799 g/mol. The van der Waals surface area contributed by atoms with Crippen molar-refractivity contribution in [1.29, 1.82) is 0 Å². The van der Waals surface area contributed by atoms with Gasteiger partial charge in [-0.05, 0) is 51.4 Å². The van der Waals surface area contributed by atoms with Crippen LogP contribution in [0.2, 0.25) is 0 Å². The van der Waals surface area contributed by atoms with Gasteiger partial charge in [0.05, 0.1) is 19.8 Å². The van der Waals surface area contributed by atoms with E-state index in [4.69, 9.17) is 19.1 Å². The van der Waals surface area contributed by atoms with Crippen LogP contribution in [0.15, 0.2) is 48.6 Å². The third-order valence-electron chi connectivity index (χ3n) is 8.99. The molecule has 0 aromatic carbocycles. The molecule has 0 aliphatic rings. The second-order valence-electron chi connectivity index (χ2n) is 14.4. The summed E-state index contributed by atoms with van der Waals surface area (Å²) in [6.45, 7) is 2.29. The van der Waals surface area contributed by atoms with Gasteiger partial charge in [0.15, 0.2) is 6.10 Å². The number of phosphoric ester groups is 1. The molecule has 0 rings (SSSR count). The SMILES string of the molecule is CCCCCC=CCC=CCC=CCC=CCCCC(=O)OC(COC(=O)CCCCCCCCCCCCCCCCC)COP(=O)(O)OCC(O)CO. The van der Waals surface area contributed by atoms with Gasteiger partial charge in [0.2, 0.25) is 0 Å². The van der Waals surface area contributed by atoms with Crippen LogP contribution < -0.4 is 0 Å². The fraction of sp³-hybridized carbons (Fsp3) is 0.773. The lowest BCUT2D eigenvalue weighted by molar-refractivity contribution is -0.161. The molecule has 3 unspecified atom stereocenters. The van der Waals surface area contributed by atoms with Crippen molar-refractivity contribution in [3.05, 3.63) is 48.6 Å². The van der Waals surface area contributed by atoms with Gasteiger partial charge in [-0.3, -0.25) is 18.6 Å². The van der Waals surface area contributed by atoms with Crippen molar-refractivity contribution < 1.29 is 47.8 Å². The van der Waals surface area contributed by atoms with E-state index in [2.05, 4.69) is 54.8 Å². The van der Waals surface area contributed by atoms with Gasteiger partial charge in [-0.1, -0.05) is 165 Å². The summed E-state index contributed by atoms with van der Waals surface area (Å²) in [4.78, 5) is 34.9. The maximum atomic E-state index is 12.6. The second kappa shape index (κ2) is 40.1. The molecule has 0 saturated carbocycles. The average molecular weight is 799 g/mol. The van der Waals surface area contributed by atoms with Gasteiger partial charge < -0.3 is 24.6 Å². The molecule has 0 fully saturated rings. The first kappa shape index (κ1) is 52.9. The smallest absolute Gasteiger partial charge is 0.462 e. The molecule has 3 atom stereocenters. The summed E-state index contributed by atoms with van der Waals surface area (Å²) in [5.41, 5.74) is 0. The molecule has 0 aromatic heterocycles. The van der Waals surface area contributed by atoms with Crippen LogP contribution in [0.4, 0.5) is 0 Å². The number of aliphatic hydroxyl groups excluding tert-OH is 2. The minimum absolute atomic E-state index is 0.109. The van der Waals surface area contributed by atoms with E-state index >= 15 is 0 Å². The highest BCUT2D eigenvalue weighted by Gasteiger charge is 2.27. The molecule has 0 spiro atoms. The number of esters is 2. The molecule has 3 N–H and O–H groups in total. The van der Waals surface area contributed by atoms with Crippen LogP contribution in [-0.4, -0.2) is 65.7 Å². The first-order valence-electron chi connectivity index (χ1n) is 21.6. The van der Waals surface area contributed by atoms with Crippen molar-refractivity contribution in [1.82, 2.24) is 0 Å². The van der Waals surface area contributed by atoms with E-state index in [1.165, 1.54) is 89.9 Å². The summed E-state index contributed by atoms with van der Waals surface area (Å²) >= 11 is 0. The number of hydrogen-bond acceptors (Lipinski definition) is 9. The lowest BCUT2D eigenvalue weighted by Crippen LogP contribution is -2.29. The van der Waals surface area contributed by atoms with Crippen molar-refractivity contribution >= 4 is 19.8 Å². The molecule has 0 aliphatic carbocycles. The van der Waals surface area contributed by atoms with Gasteiger partial charge in [0, 0.05) is 12.8 Å². The molecule has 320 valence electrons. The van der Waals surface area contributed by atoms with E-state index < -0.39 is 51.8 Å². The number of unbranched alkanes of at least 4 members (excludes halogenated alkanes) is 18. The Labute approximate surface area is 334 Å². The topological polar surface area (TPSA) is 149 Å². The van der Waals surface area contributed by atoms with Crippen molar-refractivity contribution in [2.75, 3.05) is 26.4 Å². The van der Waals surface area contributed by atoms with Crippen LogP contribution >= 0.6 is 7.82 Å². The molecular formula is C44H79O10P. The van der Waals surface area contributed by atoms with Gasteiger partial charge in [-0.2, -0.15) is 0 Å². The van der Waals surface area contributed by atoms with E-state index in [9.17, 15) is 24.2 Å². The highest BCUT2D eigenvalue weighted by atomic mass is 31.2. The number of hydrogen-bond donors (Lipinski definition) is 3. The second-order valence-corrected chi connectivity index (χ2v) is 15.8. The van der Waals surface area contributed by atoms with Gasteiger partial charge in [0.1, 0.15) is 12.7 Å². The first-order chi connectivity index (χ1) is 26.7. The minimum Gasteiger partial charge on any atom is -0.462 e. The number of aliphatic hydroxyl groups is 2. The normalized spacial score (nSPS) is 14.3. The third kappa shape index (κ3) is 39.9. The quantitative estimate of drug-likeness (QED) is 0.0237. The number of carbonyl (C=O) groups is 2. The zero-order valence-electron chi connectivity index (χ0n) is 34.6. The van der Waals surface area contributed by atoms with Crippen LogP contribution in [-0.2, 0) is 32.7 Å². The molecule has 0 amide bonds. The molecule has 0 radical (unpaired) electrons. The van der Waals surface area contributed by atoms with Crippen LogP contribution in [0.5, 0.6) is 0 Å². The van der Waals surface area contributed by atoms with E-state index in [-0.39, 0.29) is 19.4 Å². The van der Waals surface area contributed by atoms with Gasteiger partial charge in [-0.25, -0.2) is 4.57 Å². The van der Waals surface area contributed by atoms with Crippen LogP contribution in [0.25, 0.3) is 0 Å². The van der Waals surface area contributed by atoms with E-state index in [1.54, 1.807) is 0 Å². The minimum atomic E-state index is -4.63. The first-order valence-corrected chi connectivity index (χ1v) is 23.1. The summed E-state index contributed by atoms with van der Waals surface area (Å²) in [6.07, 6.45) is 42.2. The van der Waals surface area contributed by atoms with Crippen molar-refractivity contribution in [2.24, 2.45) is 0 Å². The maximum Gasteiger partial charge on any atom is 0.472 e. The Kier molecular flexibility index (Phi) is 38.6. The molecule has 0 aliphatic heterocycles. The Morgan fingerprint density at radius 1 is 0.545 bits per heavy atom. The molecule has 55 heavy (non-hydrogen) atoms. The van der Waals surface area contributed by atoms with Crippen LogP contribution in [0.3, 0.4) is 0 Å². The zero-order valence-corrected chi connectivity index (χ0v) is 35.5. The Morgan fingerprint density at radius 3 is 1.47 bits per heavy atom. The summed E-state index contributed by atoms with van der Waals surface area (Å²) < 4.78 is 32.6. The summed E-state index contributed by atoms with van der Waals surface area (Å²) in [6, 6.07) is 0. The lowest BCUT2D eigenvalue weighted by Gasteiger charge is -2.20. The van der Waals surface area contributed by atoms with E-state index in [1.807, 2.05) is 12.2 Å². The van der Waals surface area contributed by atoms with Crippen LogP contribution in [0, 0.1) is 0 Å². The Balaban J connectivity index is 4.39. The predicted octanol–water partition coefficient (Wildman–Crippen LogP) is 11.3. The van der Waals surface area contributed by atoms with Crippen molar-refractivity contribution in [3.63, 3.8) is 0 Å². The molecule has 0 saturated heterocycles. The fourth-order valence-electron chi connectivity index (χ4n) is 5.63. The maximum absolute atomic E-state index is 12.6. The standard InChI is InChI=1S/C44H79O10P/c1-3-5-7-9-11-13-15-17-19-20-22-24-26-28-30-32-34-36-44(48)54-42(40-53-55(49,50)52-38-41(46)37-45)39-51-43(47)35-33-31-29-27-25-23-21-18-16-14-12-10-8-6-4-2/h11,13,17,19,22,24,28,30,41-42,45-46H,3-10,12,14-16,18,20-21,23,25-27,29,31-40H2,1-2H3,(H,49,50). The number of ether oxygens (including phenoxy) is 2. The number of phosphoric acid groups is 1. The molecule has 0 heterocycles. The summed E-state index contributed by atoms with van der Waals surface area (Å²) in [7, 11) is -4.63. The fourth-order valence-corrected chi connectivity index (χ4v) is 6.42. The molecule has 0 aromatic rings. The third-order valence-corrected chi connectivity index (χ3v) is 9.94. The summed E-state index contributed by atoms with van der Waals surface area (Å²) in [5, 5.41) is 18.3. The molecule has 0 bridgehead atoms. The molecular weight excluding hydrogens is 719 g/mol.